The molecular weight excluding hydrogens is 228 g/mol. The van der Waals surface area contributed by atoms with Crippen LogP contribution in [0.2, 0.25) is 0 Å². The average molecular weight is 241 g/mol. The highest BCUT2D eigenvalue weighted by atomic mass is 35.5. The van der Waals surface area contributed by atoms with Crippen molar-refractivity contribution in [3.8, 4) is 0 Å². The fraction of sp³-hybridized carbons (Fsp3) is 0.273. The molecule has 0 aliphatic rings. The van der Waals surface area contributed by atoms with Crippen LogP contribution in [0.15, 0.2) is 24.3 Å². The lowest BCUT2D eigenvalue weighted by molar-refractivity contribution is -0.118. The fourth-order valence-electron chi connectivity index (χ4n) is 1.13. The van der Waals surface area contributed by atoms with Gasteiger partial charge in [-0.15, -0.1) is 11.6 Å². The van der Waals surface area contributed by atoms with Crippen molar-refractivity contribution < 1.29 is 9.59 Å². The summed E-state index contributed by atoms with van der Waals surface area (Å²) >= 11 is 5.56. The molecule has 1 rings (SSSR count). The first-order valence-corrected chi connectivity index (χ1v) is 5.35. The van der Waals surface area contributed by atoms with Gasteiger partial charge in [0.2, 0.25) is 5.91 Å². The molecule has 0 aliphatic carbocycles. The fourth-order valence-corrected chi connectivity index (χ4v) is 1.27. The van der Waals surface area contributed by atoms with Crippen molar-refractivity contribution in [3.63, 3.8) is 0 Å². The molecule has 1 aromatic rings. The number of para-hydroxylation sites is 1. The molecule has 0 radical (unpaired) electrons. The summed E-state index contributed by atoms with van der Waals surface area (Å²) in [4.78, 5) is 22.7. The summed E-state index contributed by atoms with van der Waals surface area (Å²) in [7, 11) is 0. The highest BCUT2D eigenvalue weighted by molar-refractivity contribution is 6.19. The highest BCUT2D eigenvalue weighted by Gasteiger charge is 2.14. The molecule has 0 saturated heterocycles. The van der Waals surface area contributed by atoms with Gasteiger partial charge in [-0.1, -0.05) is 19.1 Å². The van der Waals surface area contributed by atoms with E-state index in [9.17, 15) is 9.59 Å². The Labute approximate surface area is 98.8 Å². The Hall–Kier alpha value is -1.55. The second kappa shape index (κ2) is 5.51. The van der Waals surface area contributed by atoms with E-state index in [1.165, 1.54) is 0 Å². The molecule has 86 valence electrons. The zero-order chi connectivity index (χ0) is 12.1. The molecule has 0 aliphatic heterocycles. The van der Waals surface area contributed by atoms with E-state index in [4.69, 9.17) is 17.3 Å². The summed E-state index contributed by atoms with van der Waals surface area (Å²) in [6.45, 7) is 1.70. The Balaban J connectivity index is 2.89. The van der Waals surface area contributed by atoms with Gasteiger partial charge in [-0.3, -0.25) is 9.59 Å². The standard InChI is InChI=1S/C11H13ClN2O2/c1-7(6-12)11(16)14-9-5-3-2-4-8(9)10(13)15/h2-5,7H,6H2,1H3,(H2,13,15)(H,14,16). The van der Waals surface area contributed by atoms with Crippen LogP contribution in [0.25, 0.3) is 0 Å². The number of carbonyl (C=O) groups is 2. The van der Waals surface area contributed by atoms with E-state index in [1.54, 1.807) is 31.2 Å². The third-order valence-corrected chi connectivity index (χ3v) is 2.59. The summed E-state index contributed by atoms with van der Waals surface area (Å²) in [6.07, 6.45) is 0. The molecule has 0 heterocycles. The Morgan fingerprint density at radius 2 is 2.06 bits per heavy atom. The maximum Gasteiger partial charge on any atom is 0.250 e. The summed E-state index contributed by atoms with van der Waals surface area (Å²) in [5.74, 6) is -0.898. The second-order valence-corrected chi connectivity index (χ2v) is 3.76. The van der Waals surface area contributed by atoms with Gasteiger partial charge < -0.3 is 11.1 Å². The third kappa shape index (κ3) is 2.97. The van der Waals surface area contributed by atoms with Crippen LogP contribution < -0.4 is 11.1 Å². The summed E-state index contributed by atoms with van der Waals surface area (Å²) in [5, 5.41) is 2.62. The number of nitrogens with one attached hydrogen (secondary N) is 1. The monoisotopic (exact) mass is 240 g/mol. The molecule has 0 spiro atoms. The zero-order valence-corrected chi connectivity index (χ0v) is 9.62. The first kappa shape index (κ1) is 12.5. The van der Waals surface area contributed by atoms with E-state index in [-0.39, 0.29) is 23.3 Å². The zero-order valence-electron chi connectivity index (χ0n) is 8.87. The minimum Gasteiger partial charge on any atom is -0.366 e. The van der Waals surface area contributed by atoms with E-state index >= 15 is 0 Å². The van der Waals surface area contributed by atoms with Gasteiger partial charge in [0, 0.05) is 11.8 Å². The van der Waals surface area contributed by atoms with Crippen LogP contribution in [0.5, 0.6) is 0 Å². The number of amides is 2. The predicted molar refractivity (Wildman–Crippen MR) is 63.5 cm³/mol. The number of benzene rings is 1. The van der Waals surface area contributed by atoms with E-state index in [0.29, 0.717) is 5.69 Å². The molecule has 0 saturated carbocycles. The van der Waals surface area contributed by atoms with Crippen molar-refractivity contribution in [1.82, 2.24) is 0 Å². The van der Waals surface area contributed by atoms with Crippen molar-refractivity contribution in [2.75, 3.05) is 11.2 Å². The maximum absolute atomic E-state index is 11.6. The van der Waals surface area contributed by atoms with Gasteiger partial charge in [-0.2, -0.15) is 0 Å². The minimum absolute atomic E-state index is 0.227. The number of nitrogens with two attached hydrogens (primary N) is 1. The first-order valence-electron chi connectivity index (χ1n) is 4.82. The Morgan fingerprint density at radius 3 is 2.62 bits per heavy atom. The van der Waals surface area contributed by atoms with Gasteiger partial charge in [-0.25, -0.2) is 0 Å². The minimum atomic E-state index is -0.575. The summed E-state index contributed by atoms with van der Waals surface area (Å²) < 4.78 is 0. The number of hydrogen-bond donors (Lipinski definition) is 2. The number of carbonyl (C=O) groups excluding carboxylic acids is 2. The van der Waals surface area contributed by atoms with Crippen molar-refractivity contribution >= 4 is 29.1 Å². The third-order valence-electron chi connectivity index (χ3n) is 2.13. The average Bonchev–Trinajstić information content (AvgIpc) is 2.28. The molecule has 16 heavy (non-hydrogen) atoms. The molecule has 5 heteroatoms. The van der Waals surface area contributed by atoms with Crippen LogP contribution in [0, 0.1) is 5.92 Å². The van der Waals surface area contributed by atoms with E-state index in [1.807, 2.05) is 0 Å². The molecule has 1 aromatic carbocycles. The van der Waals surface area contributed by atoms with Crippen molar-refractivity contribution in [1.29, 1.82) is 0 Å². The smallest absolute Gasteiger partial charge is 0.250 e. The molecule has 1 atom stereocenters. The topological polar surface area (TPSA) is 72.2 Å². The number of halogens is 1. The van der Waals surface area contributed by atoms with Gasteiger partial charge in [0.05, 0.1) is 11.3 Å². The Bertz CT molecular complexity index is 407. The summed E-state index contributed by atoms with van der Waals surface area (Å²) in [5.41, 5.74) is 5.89. The van der Waals surface area contributed by atoms with Crippen LogP contribution in [0.1, 0.15) is 17.3 Å². The number of rotatable bonds is 4. The quantitative estimate of drug-likeness (QED) is 0.785. The lowest BCUT2D eigenvalue weighted by Crippen LogP contribution is -2.23. The molecule has 2 amide bonds. The van der Waals surface area contributed by atoms with Crippen molar-refractivity contribution in [2.24, 2.45) is 11.7 Å². The van der Waals surface area contributed by atoms with Crippen LogP contribution in [0.4, 0.5) is 5.69 Å². The molecule has 0 aromatic heterocycles. The molecule has 3 N–H and O–H groups in total. The normalized spacial score (nSPS) is 11.9. The van der Waals surface area contributed by atoms with Gasteiger partial charge >= 0.3 is 0 Å². The number of hydrogen-bond acceptors (Lipinski definition) is 2. The van der Waals surface area contributed by atoms with Gasteiger partial charge in [0.1, 0.15) is 0 Å². The largest absolute Gasteiger partial charge is 0.366 e. The van der Waals surface area contributed by atoms with Gasteiger partial charge in [-0.05, 0) is 12.1 Å². The Kier molecular flexibility index (Phi) is 4.31. The SMILES string of the molecule is CC(CCl)C(=O)Nc1ccccc1C(N)=O. The number of anilines is 1. The predicted octanol–water partition coefficient (Wildman–Crippen LogP) is 1.60. The first-order chi connectivity index (χ1) is 7.56. The Morgan fingerprint density at radius 1 is 1.44 bits per heavy atom. The van der Waals surface area contributed by atoms with E-state index < -0.39 is 5.91 Å². The van der Waals surface area contributed by atoms with Gasteiger partial charge in [0.15, 0.2) is 0 Å². The molecule has 4 nitrogen and oxygen atoms in total. The number of alkyl halides is 1. The van der Waals surface area contributed by atoms with Crippen molar-refractivity contribution in [3.05, 3.63) is 29.8 Å². The van der Waals surface area contributed by atoms with E-state index in [2.05, 4.69) is 5.32 Å². The van der Waals surface area contributed by atoms with Crippen LogP contribution in [0.3, 0.4) is 0 Å². The van der Waals surface area contributed by atoms with Gasteiger partial charge in [0.25, 0.3) is 5.91 Å². The molecular formula is C11H13ClN2O2. The van der Waals surface area contributed by atoms with Crippen LogP contribution in [-0.2, 0) is 4.79 Å². The lowest BCUT2D eigenvalue weighted by atomic mass is 10.1. The summed E-state index contributed by atoms with van der Waals surface area (Å²) in [6, 6.07) is 6.58. The highest BCUT2D eigenvalue weighted by Crippen LogP contribution is 2.15. The second-order valence-electron chi connectivity index (χ2n) is 3.45. The van der Waals surface area contributed by atoms with Crippen LogP contribution >= 0.6 is 11.6 Å². The van der Waals surface area contributed by atoms with E-state index in [0.717, 1.165) is 0 Å². The van der Waals surface area contributed by atoms with Crippen LogP contribution in [-0.4, -0.2) is 17.7 Å². The number of primary amides is 1. The lowest BCUT2D eigenvalue weighted by Gasteiger charge is -2.11. The molecule has 1 unspecified atom stereocenters. The molecule has 0 fully saturated rings. The molecule has 0 bridgehead atoms. The van der Waals surface area contributed by atoms with Crippen molar-refractivity contribution in [2.45, 2.75) is 6.92 Å². The maximum atomic E-state index is 11.6.